The summed E-state index contributed by atoms with van der Waals surface area (Å²) >= 11 is 0. The van der Waals surface area contributed by atoms with Gasteiger partial charge in [0.25, 0.3) is 5.91 Å². The number of carbonyl (C=O) groups is 1. The number of aryl methyl sites for hydroxylation is 2. The first-order valence-corrected chi connectivity index (χ1v) is 11.6. The second kappa shape index (κ2) is 8.88. The molecule has 3 aromatic heterocycles. The highest BCUT2D eigenvalue weighted by Gasteiger charge is 2.17. The van der Waals surface area contributed by atoms with Crippen molar-refractivity contribution in [1.82, 2.24) is 33.9 Å². The smallest absolute Gasteiger partial charge is 0.330 e. The molecule has 2 aromatic carbocycles. The van der Waals surface area contributed by atoms with E-state index in [0.29, 0.717) is 35.3 Å². The second-order valence-corrected chi connectivity index (χ2v) is 9.02. The van der Waals surface area contributed by atoms with E-state index < -0.39 is 5.91 Å². The Kier molecular flexibility index (Phi) is 5.71. The monoisotopic (exact) mass is 482 g/mol. The lowest BCUT2D eigenvalue weighted by Gasteiger charge is -2.11. The fourth-order valence-electron chi connectivity index (χ4n) is 4.32. The predicted molar refractivity (Wildman–Crippen MR) is 136 cm³/mol. The third-order valence-electron chi connectivity index (χ3n) is 6.24. The Hall–Kier alpha value is -4.60. The van der Waals surface area contributed by atoms with Crippen LogP contribution in [0.15, 0.2) is 59.5 Å². The number of nitrogens with two attached hydrogens (primary N) is 1. The summed E-state index contributed by atoms with van der Waals surface area (Å²) in [7, 11) is 3.34. The SMILES string of the molecule is CC(C)c1ccccc1-c1ncc2c(n1)n(Cc1ccc(-c3nc(C(N)=O)n(C)n3)cc1)c(=O)n2C. The standard InChI is InChI=1S/C26H26N8O2/c1-15(2)18-7-5-6-8-19(18)23-28-13-20-24(30-23)34(26(36)32(20)3)14-16-9-11-17(12-10-16)22-29-25(21(27)35)33(4)31-22/h5-13,15H,14H2,1-4H3,(H2,27,35). The molecular weight excluding hydrogens is 456 g/mol. The quantitative estimate of drug-likeness (QED) is 0.397. The van der Waals surface area contributed by atoms with Gasteiger partial charge in [0, 0.05) is 25.2 Å². The van der Waals surface area contributed by atoms with E-state index in [9.17, 15) is 9.59 Å². The first-order valence-electron chi connectivity index (χ1n) is 11.6. The van der Waals surface area contributed by atoms with E-state index in [1.54, 1.807) is 29.4 Å². The maximum absolute atomic E-state index is 13.1. The zero-order valence-corrected chi connectivity index (χ0v) is 20.5. The lowest BCUT2D eigenvalue weighted by atomic mass is 9.97. The predicted octanol–water partition coefficient (Wildman–Crippen LogP) is 2.86. The number of hydrogen-bond donors (Lipinski definition) is 1. The maximum Gasteiger partial charge on any atom is 0.330 e. The normalized spacial score (nSPS) is 11.5. The van der Waals surface area contributed by atoms with Crippen molar-refractivity contribution >= 4 is 17.1 Å². The number of primary amides is 1. The van der Waals surface area contributed by atoms with Gasteiger partial charge in [-0.1, -0.05) is 62.4 Å². The summed E-state index contributed by atoms with van der Waals surface area (Å²) in [6.45, 7) is 4.60. The van der Waals surface area contributed by atoms with Crippen molar-refractivity contribution in [3.05, 3.63) is 82.2 Å². The number of imidazole rings is 1. The molecule has 0 aliphatic carbocycles. The Morgan fingerprint density at radius 3 is 2.39 bits per heavy atom. The number of amides is 1. The molecule has 10 heteroatoms. The summed E-state index contributed by atoms with van der Waals surface area (Å²) in [6, 6.07) is 15.6. The first-order chi connectivity index (χ1) is 17.2. The summed E-state index contributed by atoms with van der Waals surface area (Å²) < 4.78 is 4.57. The molecular formula is C26H26N8O2. The van der Waals surface area contributed by atoms with E-state index in [-0.39, 0.29) is 11.5 Å². The molecule has 3 heterocycles. The molecule has 2 N–H and O–H groups in total. The van der Waals surface area contributed by atoms with Crippen LogP contribution in [-0.2, 0) is 20.6 Å². The molecule has 0 unspecified atom stereocenters. The molecule has 10 nitrogen and oxygen atoms in total. The minimum Gasteiger partial charge on any atom is -0.363 e. The van der Waals surface area contributed by atoms with Gasteiger partial charge in [-0.15, -0.1) is 0 Å². The van der Waals surface area contributed by atoms with Crippen LogP contribution in [0.4, 0.5) is 0 Å². The molecule has 0 aliphatic rings. The van der Waals surface area contributed by atoms with Crippen molar-refractivity contribution in [1.29, 1.82) is 0 Å². The Bertz CT molecular complexity index is 1660. The zero-order valence-electron chi connectivity index (χ0n) is 20.5. The number of nitrogens with zero attached hydrogens (tertiary/aromatic N) is 7. The highest BCUT2D eigenvalue weighted by Crippen LogP contribution is 2.27. The van der Waals surface area contributed by atoms with Gasteiger partial charge in [-0.25, -0.2) is 24.4 Å². The summed E-state index contributed by atoms with van der Waals surface area (Å²) in [5.74, 6) is 0.755. The molecule has 5 aromatic rings. The molecule has 5 rings (SSSR count). The molecule has 0 bridgehead atoms. The topological polar surface area (TPSA) is 127 Å². The first kappa shape index (κ1) is 23.2. The Morgan fingerprint density at radius 1 is 1.00 bits per heavy atom. The molecule has 182 valence electrons. The number of aromatic nitrogens is 7. The van der Waals surface area contributed by atoms with Gasteiger partial charge in [0.15, 0.2) is 17.3 Å². The third-order valence-corrected chi connectivity index (χ3v) is 6.24. The molecule has 0 aliphatic heterocycles. The van der Waals surface area contributed by atoms with Gasteiger partial charge >= 0.3 is 5.69 Å². The fourth-order valence-corrected chi connectivity index (χ4v) is 4.32. The number of fused-ring (bicyclic) bond motifs is 1. The van der Waals surface area contributed by atoms with E-state index in [1.807, 2.05) is 42.5 Å². The van der Waals surface area contributed by atoms with Crippen molar-refractivity contribution < 1.29 is 4.79 Å². The van der Waals surface area contributed by atoms with E-state index in [4.69, 9.17) is 10.7 Å². The summed E-state index contributed by atoms with van der Waals surface area (Å²) in [5.41, 5.74) is 10.2. The van der Waals surface area contributed by atoms with Crippen molar-refractivity contribution in [2.45, 2.75) is 26.3 Å². The number of hydrogen-bond acceptors (Lipinski definition) is 6. The number of benzene rings is 2. The van der Waals surface area contributed by atoms with Gasteiger partial charge in [-0.05, 0) is 17.0 Å². The van der Waals surface area contributed by atoms with Gasteiger partial charge in [0.2, 0.25) is 5.82 Å². The fraction of sp³-hybridized carbons (Fsp3) is 0.231. The minimum atomic E-state index is -0.638. The molecule has 0 spiro atoms. The lowest BCUT2D eigenvalue weighted by molar-refractivity contribution is 0.0986. The molecule has 1 amide bonds. The minimum absolute atomic E-state index is 0.0888. The third kappa shape index (κ3) is 3.96. The summed E-state index contributed by atoms with van der Waals surface area (Å²) in [4.78, 5) is 38.2. The van der Waals surface area contributed by atoms with Crippen molar-refractivity contribution in [2.24, 2.45) is 19.8 Å². The summed E-state index contributed by atoms with van der Waals surface area (Å²) in [5, 5.41) is 4.26. The van der Waals surface area contributed by atoms with Crippen LogP contribution >= 0.6 is 0 Å². The van der Waals surface area contributed by atoms with Crippen LogP contribution in [0.5, 0.6) is 0 Å². The van der Waals surface area contributed by atoms with Crippen LogP contribution in [0, 0.1) is 0 Å². The van der Waals surface area contributed by atoms with E-state index in [2.05, 4.69) is 35.0 Å². The second-order valence-electron chi connectivity index (χ2n) is 9.02. The largest absolute Gasteiger partial charge is 0.363 e. The van der Waals surface area contributed by atoms with Gasteiger partial charge in [0.1, 0.15) is 5.52 Å². The van der Waals surface area contributed by atoms with E-state index in [0.717, 1.165) is 22.3 Å². The van der Waals surface area contributed by atoms with E-state index in [1.165, 1.54) is 4.68 Å². The Balaban J connectivity index is 1.52. The van der Waals surface area contributed by atoms with Gasteiger partial charge in [-0.3, -0.25) is 13.9 Å². The molecule has 36 heavy (non-hydrogen) atoms. The van der Waals surface area contributed by atoms with Gasteiger partial charge in [-0.2, -0.15) is 5.10 Å². The van der Waals surface area contributed by atoms with Crippen molar-refractivity contribution in [3.63, 3.8) is 0 Å². The van der Waals surface area contributed by atoms with Crippen molar-refractivity contribution in [2.75, 3.05) is 0 Å². The van der Waals surface area contributed by atoms with Gasteiger partial charge in [0.05, 0.1) is 12.7 Å². The highest BCUT2D eigenvalue weighted by molar-refractivity contribution is 5.89. The average molecular weight is 483 g/mol. The summed E-state index contributed by atoms with van der Waals surface area (Å²) in [6.07, 6.45) is 1.71. The van der Waals surface area contributed by atoms with Crippen LogP contribution in [-0.4, -0.2) is 39.8 Å². The molecule has 0 saturated heterocycles. The van der Waals surface area contributed by atoms with Crippen LogP contribution in [0.2, 0.25) is 0 Å². The van der Waals surface area contributed by atoms with Gasteiger partial charge < -0.3 is 5.73 Å². The molecule has 0 atom stereocenters. The number of carbonyl (C=O) groups excluding carboxylic acids is 1. The highest BCUT2D eigenvalue weighted by atomic mass is 16.2. The zero-order chi connectivity index (χ0) is 25.6. The van der Waals surface area contributed by atoms with Crippen LogP contribution in [0.1, 0.15) is 41.5 Å². The maximum atomic E-state index is 13.1. The van der Waals surface area contributed by atoms with Crippen LogP contribution in [0.3, 0.4) is 0 Å². The van der Waals surface area contributed by atoms with Crippen LogP contribution in [0.25, 0.3) is 33.9 Å². The lowest BCUT2D eigenvalue weighted by Crippen LogP contribution is -2.22. The molecule has 0 saturated carbocycles. The Morgan fingerprint density at radius 2 is 1.72 bits per heavy atom. The molecule has 0 fully saturated rings. The van der Waals surface area contributed by atoms with Crippen LogP contribution < -0.4 is 11.4 Å². The Labute approximate surface area is 207 Å². The van der Waals surface area contributed by atoms with E-state index >= 15 is 0 Å². The number of rotatable bonds is 6. The van der Waals surface area contributed by atoms with Crippen molar-refractivity contribution in [3.8, 4) is 22.8 Å². The average Bonchev–Trinajstić information content (AvgIpc) is 3.37. The molecule has 0 radical (unpaired) electrons.